The summed E-state index contributed by atoms with van der Waals surface area (Å²) in [5.74, 6) is 0.729. The summed E-state index contributed by atoms with van der Waals surface area (Å²) in [6.07, 6.45) is 1.84. The summed E-state index contributed by atoms with van der Waals surface area (Å²) in [4.78, 5) is 6.59. The molecule has 2 aromatic rings. The molecule has 0 aromatic heterocycles. The van der Waals surface area contributed by atoms with Gasteiger partial charge in [0.25, 0.3) is 0 Å². The molecule has 0 heterocycles. The number of halogens is 1. The number of guanidine groups is 1. The van der Waals surface area contributed by atoms with Gasteiger partial charge < -0.3 is 10.2 Å². The lowest BCUT2D eigenvalue weighted by molar-refractivity contribution is 0.476. The molecule has 0 atom stereocenters. The molecule has 0 spiro atoms. The summed E-state index contributed by atoms with van der Waals surface area (Å²) in [7, 11) is 0.252. The Bertz CT molecular complexity index is 941. The lowest BCUT2D eigenvalue weighted by Crippen LogP contribution is -2.38. The normalized spacial score (nSPS) is 14.8. The van der Waals surface area contributed by atoms with E-state index < -0.39 is 10.0 Å². The Morgan fingerprint density at radius 1 is 1.18 bits per heavy atom. The molecule has 0 aliphatic heterocycles. The first-order chi connectivity index (χ1) is 13.4. The minimum absolute atomic E-state index is 0.100. The van der Waals surface area contributed by atoms with E-state index in [1.54, 1.807) is 19.2 Å². The molecule has 6 nitrogen and oxygen atoms in total. The van der Waals surface area contributed by atoms with Crippen molar-refractivity contribution in [2.45, 2.75) is 36.9 Å². The fourth-order valence-electron chi connectivity index (χ4n) is 2.80. The maximum absolute atomic E-state index is 12.2. The topological polar surface area (TPSA) is 73.8 Å². The minimum atomic E-state index is -3.42. The first-order valence-corrected chi connectivity index (χ1v) is 11.0. The van der Waals surface area contributed by atoms with E-state index in [-0.39, 0.29) is 6.04 Å². The molecule has 2 N–H and O–H groups in total. The second-order valence-corrected chi connectivity index (χ2v) is 9.01. The zero-order valence-electron chi connectivity index (χ0n) is 16.0. The molecular formula is C20H25ClN4O2S. The van der Waals surface area contributed by atoms with Gasteiger partial charge in [0.05, 0.1) is 4.90 Å². The number of benzene rings is 2. The zero-order chi connectivity index (χ0) is 20.1. The van der Waals surface area contributed by atoms with Crippen LogP contribution < -0.4 is 10.0 Å². The fourth-order valence-corrected chi connectivity index (χ4v) is 4.30. The lowest BCUT2D eigenvalue weighted by atomic mass is 10.2. The van der Waals surface area contributed by atoms with Crippen molar-refractivity contribution in [2.75, 3.05) is 14.1 Å². The highest BCUT2D eigenvalue weighted by atomic mass is 35.5. The molecule has 1 aliphatic carbocycles. The Morgan fingerprint density at radius 3 is 2.46 bits per heavy atom. The molecule has 1 saturated carbocycles. The van der Waals surface area contributed by atoms with Gasteiger partial charge in [0.1, 0.15) is 0 Å². The molecule has 0 bridgehead atoms. The van der Waals surface area contributed by atoms with Crippen molar-refractivity contribution in [3.05, 3.63) is 64.7 Å². The third-order valence-corrected chi connectivity index (χ3v) is 6.43. The lowest BCUT2D eigenvalue weighted by Gasteiger charge is -2.22. The van der Waals surface area contributed by atoms with Gasteiger partial charge in [0.2, 0.25) is 10.0 Å². The van der Waals surface area contributed by atoms with Crippen molar-refractivity contribution in [1.82, 2.24) is 14.9 Å². The van der Waals surface area contributed by atoms with E-state index in [1.165, 1.54) is 0 Å². The van der Waals surface area contributed by atoms with E-state index in [9.17, 15) is 8.42 Å². The first-order valence-electron chi connectivity index (χ1n) is 9.15. The molecule has 8 heteroatoms. The van der Waals surface area contributed by atoms with Gasteiger partial charge in [-0.15, -0.1) is 0 Å². The van der Waals surface area contributed by atoms with Crippen molar-refractivity contribution < 1.29 is 8.42 Å². The smallest absolute Gasteiger partial charge is 0.240 e. The molecule has 3 rings (SSSR count). The standard InChI is InChI=1S/C20H25ClN4O2S/c1-22-20(25(2)14-16-5-3-4-6-19(16)21)23-13-15-7-11-18(12-8-15)28(26,27)24-17-9-10-17/h3-8,11-12,17,24H,9-10,13-14H2,1-2H3,(H,22,23). The molecule has 0 amide bonds. The van der Waals surface area contributed by atoms with Crippen LogP contribution in [0.15, 0.2) is 58.4 Å². The van der Waals surface area contributed by atoms with Crippen LogP contribution in [-0.2, 0) is 23.1 Å². The summed E-state index contributed by atoms with van der Waals surface area (Å²) < 4.78 is 27.2. The van der Waals surface area contributed by atoms with Crippen LogP contribution in [0.5, 0.6) is 0 Å². The predicted molar refractivity (Wildman–Crippen MR) is 113 cm³/mol. The SMILES string of the molecule is CN=C(NCc1ccc(S(=O)(=O)NC2CC2)cc1)N(C)Cc1ccccc1Cl. The van der Waals surface area contributed by atoms with Crippen molar-refractivity contribution in [2.24, 2.45) is 4.99 Å². The number of aliphatic imine (C=N–C) groups is 1. The van der Waals surface area contributed by atoms with E-state index in [2.05, 4.69) is 15.0 Å². The predicted octanol–water partition coefficient (Wildman–Crippen LogP) is 2.99. The van der Waals surface area contributed by atoms with Crippen LogP contribution in [0.3, 0.4) is 0 Å². The van der Waals surface area contributed by atoms with E-state index in [0.717, 1.165) is 35.0 Å². The van der Waals surface area contributed by atoms with E-state index >= 15 is 0 Å². The van der Waals surface area contributed by atoms with Crippen molar-refractivity contribution in [3.8, 4) is 0 Å². The molecular weight excluding hydrogens is 396 g/mol. The van der Waals surface area contributed by atoms with Gasteiger partial charge in [-0.1, -0.05) is 41.9 Å². The highest BCUT2D eigenvalue weighted by Gasteiger charge is 2.27. The molecule has 28 heavy (non-hydrogen) atoms. The van der Waals surface area contributed by atoms with E-state index in [1.807, 2.05) is 48.3 Å². The maximum atomic E-state index is 12.2. The van der Waals surface area contributed by atoms with Gasteiger partial charge in [-0.3, -0.25) is 4.99 Å². The Morgan fingerprint density at radius 2 is 1.86 bits per heavy atom. The van der Waals surface area contributed by atoms with Crippen LogP contribution in [-0.4, -0.2) is 39.4 Å². The van der Waals surface area contributed by atoms with Crippen molar-refractivity contribution in [3.63, 3.8) is 0 Å². The number of sulfonamides is 1. The second-order valence-electron chi connectivity index (χ2n) is 6.89. The quantitative estimate of drug-likeness (QED) is 0.533. The summed E-state index contributed by atoms with van der Waals surface area (Å²) in [5, 5.41) is 4.02. The second kappa shape index (κ2) is 8.94. The fraction of sp³-hybridized carbons (Fsp3) is 0.350. The summed E-state index contributed by atoms with van der Waals surface area (Å²) >= 11 is 6.23. The van der Waals surface area contributed by atoms with Crippen LogP contribution in [0.2, 0.25) is 5.02 Å². The summed E-state index contributed by atoms with van der Waals surface area (Å²) in [6.45, 7) is 1.17. The molecule has 1 fully saturated rings. The average molecular weight is 421 g/mol. The Kier molecular flexibility index (Phi) is 6.59. The molecule has 0 saturated heterocycles. The van der Waals surface area contributed by atoms with Gasteiger partial charge in [-0.25, -0.2) is 13.1 Å². The van der Waals surface area contributed by atoms with Crippen LogP contribution in [0.4, 0.5) is 0 Å². The largest absolute Gasteiger partial charge is 0.352 e. The highest BCUT2D eigenvalue weighted by Crippen LogP contribution is 2.22. The Balaban J connectivity index is 1.58. The number of hydrogen-bond acceptors (Lipinski definition) is 3. The Hall–Kier alpha value is -2.09. The van der Waals surface area contributed by atoms with Gasteiger partial charge in [0, 0.05) is 38.2 Å². The van der Waals surface area contributed by atoms with Gasteiger partial charge in [-0.2, -0.15) is 0 Å². The van der Waals surface area contributed by atoms with Crippen molar-refractivity contribution >= 4 is 27.6 Å². The number of hydrogen-bond donors (Lipinski definition) is 2. The van der Waals surface area contributed by atoms with Crippen LogP contribution in [0, 0.1) is 0 Å². The monoisotopic (exact) mass is 420 g/mol. The van der Waals surface area contributed by atoms with Crippen LogP contribution in [0.1, 0.15) is 24.0 Å². The highest BCUT2D eigenvalue weighted by molar-refractivity contribution is 7.89. The number of nitrogens with zero attached hydrogens (tertiary/aromatic N) is 2. The van der Waals surface area contributed by atoms with Gasteiger partial charge in [-0.05, 0) is 42.2 Å². The zero-order valence-corrected chi connectivity index (χ0v) is 17.6. The average Bonchev–Trinajstić information content (AvgIpc) is 3.48. The van der Waals surface area contributed by atoms with Gasteiger partial charge in [0.15, 0.2) is 5.96 Å². The molecule has 2 aromatic carbocycles. The number of rotatable bonds is 7. The maximum Gasteiger partial charge on any atom is 0.240 e. The third-order valence-electron chi connectivity index (χ3n) is 4.52. The first kappa shape index (κ1) is 20.6. The van der Waals surface area contributed by atoms with Crippen LogP contribution in [0.25, 0.3) is 0 Å². The molecule has 1 aliphatic rings. The number of nitrogens with one attached hydrogen (secondary N) is 2. The summed E-state index contributed by atoms with van der Waals surface area (Å²) in [6, 6.07) is 14.7. The van der Waals surface area contributed by atoms with Crippen LogP contribution >= 0.6 is 11.6 Å². The molecule has 150 valence electrons. The minimum Gasteiger partial charge on any atom is -0.352 e. The molecule has 0 radical (unpaired) electrons. The van der Waals surface area contributed by atoms with Crippen molar-refractivity contribution in [1.29, 1.82) is 0 Å². The summed E-state index contributed by atoms with van der Waals surface area (Å²) in [5.41, 5.74) is 1.99. The Labute approximate surface area is 171 Å². The third kappa shape index (κ3) is 5.47. The van der Waals surface area contributed by atoms with E-state index in [0.29, 0.717) is 18.0 Å². The van der Waals surface area contributed by atoms with E-state index in [4.69, 9.17) is 11.6 Å². The van der Waals surface area contributed by atoms with Gasteiger partial charge >= 0.3 is 0 Å². The molecule has 0 unspecified atom stereocenters.